The Kier molecular flexibility index (Phi) is 7.24. The Bertz CT molecular complexity index is 915. The number of methoxy groups -OCH3 is 4. The molecule has 1 heterocycles. The topological polar surface area (TPSA) is 73.7 Å². The van der Waals surface area contributed by atoms with Crippen LogP contribution in [0.5, 0.6) is 23.0 Å². The summed E-state index contributed by atoms with van der Waals surface area (Å²) in [5.41, 5.74) is 6.12. The number of ether oxygens (including phenoxy) is 4. The second-order valence-corrected chi connectivity index (χ2v) is 7.12. The molecule has 0 unspecified atom stereocenters. The number of hydrogen-bond donors (Lipinski definition) is 1. The van der Waals surface area contributed by atoms with Crippen LogP contribution >= 0.6 is 11.8 Å². The van der Waals surface area contributed by atoms with Crippen molar-refractivity contribution in [1.82, 2.24) is 5.43 Å². The third-order valence-electron chi connectivity index (χ3n) is 4.45. The summed E-state index contributed by atoms with van der Waals surface area (Å²) in [6, 6.07) is 11.7. The van der Waals surface area contributed by atoms with Crippen LogP contribution in [-0.2, 0) is 6.42 Å². The normalized spacial score (nSPS) is 14.8. The minimum absolute atomic E-state index is 0.659. The molecule has 0 aromatic heterocycles. The standard InChI is InChI=1S/C21H25N3O4S/c1-25-17-7-5-14(11-19(17)27-3)9-10-22-21-24-23-16(13-29-21)15-6-8-18(26-2)20(12-15)28-4/h5-8,11-12H,9-10,13H2,1-4H3,(H,22,24). The van der Waals surface area contributed by atoms with Crippen LogP contribution < -0.4 is 24.4 Å². The first kappa shape index (κ1) is 20.9. The van der Waals surface area contributed by atoms with Gasteiger partial charge < -0.3 is 18.9 Å². The molecule has 8 heteroatoms. The van der Waals surface area contributed by atoms with E-state index in [4.69, 9.17) is 18.9 Å². The van der Waals surface area contributed by atoms with E-state index in [0.29, 0.717) is 18.0 Å². The van der Waals surface area contributed by atoms with Crippen molar-refractivity contribution >= 4 is 22.6 Å². The number of nitrogens with zero attached hydrogens (tertiary/aromatic N) is 2. The molecule has 3 rings (SSSR count). The van der Waals surface area contributed by atoms with Gasteiger partial charge in [-0.05, 0) is 42.3 Å². The van der Waals surface area contributed by atoms with E-state index in [9.17, 15) is 0 Å². The predicted molar refractivity (Wildman–Crippen MR) is 117 cm³/mol. The van der Waals surface area contributed by atoms with Crippen molar-refractivity contribution in [2.24, 2.45) is 10.1 Å². The molecule has 2 aromatic carbocycles. The molecule has 0 saturated heterocycles. The summed E-state index contributed by atoms with van der Waals surface area (Å²) in [5.74, 6) is 3.58. The van der Waals surface area contributed by atoms with Gasteiger partial charge in [-0.3, -0.25) is 10.4 Å². The average Bonchev–Trinajstić information content (AvgIpc) is 2.78. The van der Waals surface area contributed by atoms with Gasteiger partial charge in [0.05, 0.1) is 34.2 Å². The Balaban J connectivity index is 1.60. The van der Waals surface area contributed by atoms with Gasteiger partial charge in [0, 0.05) is 17.9 Å². The summed E-state index contributed by atoms with van der Waals surface area (Å²) < 4.78 is 21.3. The van der Waals surface area contributed by atoms with Crippen LogP contribution in [0, 0.1) is 0 Å². The molecule has 0 bridgehead atoms. The summed E-state index contributed by atoms with van der Waals surface area (Å²) in [6.45, 7) is 0.659. The molecule has 1 aliphatic rings. The molecule has 0 aliphatic carbocycles. The van der Waals surface area contributed by atoms with E-state index in [1.165, 1.54) is 0 Å². The van der Waals surface area contributed by atoms with Gasteiger partial charge in [-0.25, -0.2) is 0 Å². The maximum atomic E-state index is 5.37. The molecule has 7 nitrogen and oxygen atoms in total. The highest BCUT2D eigenvalue weighted by Gasteiger charge is 2.15. The lowest BCUT2D eigenvalue weighted by Crippen LogP contribution is -2.25. The van der Waals surface area contributed by atoms with Gasteiger partial charge >= 0.3 is 0 Å². The van der Waals surface area contributed by atoms with E-state index in [1.807, 2.05) is 36.4 Å². The third kappa shape index (κ3) is 5.14. The van der Waals surface area contributed by atoms with Gasteiger partial charge in [0.2, 0.25) is 0 Å². The number of rotatable bonds is 8. The maximum Gasteiger partial charge on any atom is 0.177 e. The fourth-order valence-electron chi connectivity index (χ4n) is 2.88. The van der Waals surface area contributed by atoms with Crippen molar-refractivity contribution in [2.45, 2.75) is 6.42 Å². The molecule has 0 spiro atoms. The molecule has 0 amide bonds. The number of aliphatic imine (C=N–C) groups is 1. The van der Waals surface area contributed by atoms with Gasteiger partial charge in [-0.1, -0.05) is 17.8 Å². The van der Waals surface area contributed by atoms with Crippen LogP contribution in [0.25, 0.3) is 0 Å². The SMILES string of the molecule is COc1ccc(CCN=C2NN=C(c3ccc(OC)c(OC)c3)CS2)cc1OC. The van der Waals surface area contributed by atoms with Crippen molar-refractivity contribution in [3.63, 3.8) is 0 Å². The molecule has 29 heavy (non-hydrogen) atoms. The highest BCUT2D eigenvalue weighted by atomic mass is 32.2. The lowest BCUT2D eigenvalue weighted by atomic mass is 10.1. The van der Waals surface area contributed by atoms with E-state index >= 15 is 0 Å². The minimum atomic E-state index is 0.659. The Morgan fingerprint density at radius 3 is 2.17 bits per heavy atom. The van der Waals surface area contributed by atoms with Crippen LogP contribution in [0.4, 0.5) is 0 Å². The van der Waals surface area contributed by atoms with E-state index in [0.717, 1.165) is 45.7 Å². The molecule has 154 valence electrons. The first-order chi connectivity index (χ1) is 14.2. The number of amidine groups is 1. The summed E-state index contributed by atoms with van der Waals surface area (Å²) in [6.07, 6.45) is 0.804. The summed E-state index contributed by atoms with van der Waals surface area (Å²) in [7, 11) is 6.52. The van der Waals surface area contributed by atoms with Gasteiger partial charge in [-0.2, -0.15) is 5.10 Å². The molecule has 0 radical (unpaired) electrons. The average molecular weight is 416 g/mol. The Morgan fingerprint density at radius 1 is 0.897 bits per heavy atom. The zero-order chi connectivity index (χ0) is 20.6. The largest absolute Gasteiger partial charge is 0.493 e. The molecular formula is C21H25N3O4S. The smallest absolute Gasteiger partial charge is 0.177 e. The van der Waals surface area contributed by atoms with Crippen molar-refractivity contribution in [2.75, 3.05) is 40.7 Å². The zero-order valence-electron chi connectivity index (χ0n) is 17.0. The van der Waals surface area contributed by atoms with Crippen molar-refractivity contribution in [3.8, 4) is 23.0 Å². The number of hydrazone groups is 1. The summed E-state index contributed by atoms with van der Waals surface area (Å²) in [4.78, 5) is 4.61. The summed E-state index contributed by atoms with van der Waals surface area (Å²) >= 11 is 1.63. The highest BCUT2D eigenvalue weighted by Crippen LogP contribution is 2.29. The van der Waals surface area contributed by atoms with Crippen LogP contribution in [0.2, 0.25) is 0 Å². The van der Waals surface area contributed by atoms with Crippen LogP contribution in [0.1, 0.15) is 11.1 Å². The van der Waals surface area contributed by atoms with Crippen LogP contribution in [-0.4, -0.2) is 51.6 Å². The van der Waals surface area contributed by atoms with Gasteiger partial charge in [0.1, 0.15) is 0 Å². The Hall–Kier alpha value is -2.87. The quantitative estimate of drug-likeness (QED) is 0.713. The zero-order valence-corrected chi connectivity index (χ0v) is 17.8. The Labute approximate surface area is 175 Å². The lowest BCUT2D eigenvalue weighted by molar-refractivity contribution is 0.354. The molecule has 1 N–H and O–H groups in total. The second kappa shape index (κ2) is 10.1. The van der Waals surface area contributed by atoms with Gasteiger partial charge in [0.25, 0.3) is 0 Å². The third-order valence-corrected chi connectivity index (χ3v) is 5.36. The number of nitrogens with one attached hydrogen (secondary N) is 1. The minimum Gasteiger partial charge on any atom is -0.493 e. The van der Waals surface area contributed by atoms with E-state index in [2.05, 4.69) is 15.5 Å². The van der Waals surface area contributed by atoms with Crippen LogP contribution in [0.15, 0.2) is 46.5 Å². The lowest BCUT2D eigenvalue weighted by Gasteiger charge is -2.16. The van der Waals surface area contributed by atoms with Gasteiger partial charge in [-0.15, -0.1) is 0 Å². The fraction of sp³-hybridized carbons (Fsp3) is 0.333. The first-order valence-corrected chi connectivity index (χ1v) is 10.1. The fourth-order valence-corrected chi connectivity index (χ4v) is 3.68. The second-order valence-electron chi connectivity index (χ2n) is 6.15. The number of hydrogen-bond acceptors (Lipinski definition) is 7. The van der Waals surface area contributed by atoms with E-state index < -0.39 is 0 Å². The molecular weight excluding hydrogens is 390 g/mol. The summed E-state index contributed by atoms with van der Waals surface area (Å²) in [5, 5.41) is 5.28. The maximum absolute atomic E-state index is 5.37. The van der Waals surface area contributed by atoms with Crippen molar-refractivity contribution in [1.29, 1.82) is 0 Å². The molecule has 2 aromatic rings. The molecule has 0 fully saturated rings. The monoisotopic (exact) mass is 415 g/mol. The number of benzene rings is 2. The van der Waals surface area contributed by atoms with Gasteiger partial charge in [0.15, 0.2) is 28.2 Å². The molecule has 1 aliphatic heterocycles. The van der Waals surface area contributed by atoms with Crippen molar-refractivity contribution in [3.05, 3.63) is 47.5 Å². The molecule has 0 saturated carbocycles. The molecule has 0 atom stereocenters. The highest BCUT2D eigenvalue weighted by molar-refractivity contribution is 8.14. The predicted octanol–water partition coefficient (Wildman–Crippen LogP) is 3.36. The van der Waals surface area contributed by atoms with Crippen LogP contribution in [0.3, 0.4) is 0 Å². The number of thioether (sulfide) groups is 1. The first-order valence-electron chi connectivity index (χ1n) is 9.11. The Morgan fingerprint density at radius 2 is 1.55 bits per heavy atom. The van der Waals surface area contributed by atoms with E-state index in [1.54, 1.807) is 40.2 Å². The van der Waals surface area contributed by atoms with Crippen molar-refractivity contribution < 1.29 is 18.9 Å². The van der Waals surface area contributed by atoms with E-state index in [-0.39, 0.29) is 0 Å².